The van der Waals surface area contributed by atoms with Crippen LogP contribution < -0.4 is 15.6 Å². The third-order valence-electron chi connectivity index (χ3n) is 3.45. The molecule has 0 bridgehead atoms. The second-order valence-electron chi connectivity index (χ2n) is 4.81. The molecule has 0 aliphatic rings. The highest BCUT2D eigenvalue weighted by Crippen LogP contribution is 2.06. The minimum absolute atomic E-state index is 1.15. The molecule has 0 saturated heterocycles. The summed E-state index contributed by atoms with van der Waals surface area (Å²) in [6, 6.07) is 30.5. The number of halogens is 1. The van der Waals surface area contributed by atoms with Crippen LogP contribution in [0.5, 0.6) is 0 Å². The fraction of sp³-hybridized carbons (Fsp3) is 0. The second-order valence-corrected chi connectivity index (χ2v) is 8.59. The molecule has 0 fully saturated rings. The van der Waals surface area contributed by atoms with Gasteiger partial charge in [0, 0.05) is 4.47 Å². The first-order chi connectivity index (χ1) is 9.84. The van der Waals surface area contributed by atoms with Crippen molar-refractivity contribution in [3.05, 3.63) is 89.4 Å². The van der Waals surface area contributed by atoms with Crippen LogP contribution in [0, 0.1) is 0 Å². The summed E-state index contributed by atoms with van der Waals surface area (Å²) in [4.78, 5) is 0. The van der Waals surface area contributed by atoms with Crippen molar-refractivity contribution < 1.29 is 0 Å². The number of hydrogen-bond donors (Lipinski definition) is 0. The SMILES string of the molecule is Brc1cccc([SiH](c2ccccc2)c2ccccc2)c1. The zero-order chi connectivity index (χ0) is 13.8. The van der Waals surface area contributed by atoms with Gasteiger partial charge in [-0.2, -0.15) is 0 Å². The van der Waals surface area contributed by atoms with E-state index in [0.29, 0.717) is 0 Å². The lowest BCUT2D eigenvalue weighted by Gasteiger charge is -2.17. The Kier molecular flexibility index (Phi) is 4.14. The van der Waals surface area contributed by atoms with E-state index in [4.69, 9.17) is 0 Å². The Hall–Kier alpha value is -1.64. The van der Waals surface area contributed by atoms with Crippen molar-refractivity contribution in [2.75, 3.05) is 0 Å². The lowest BCUT2D eigenvalue weighted by Crippen LogP contribution is -2.51. The quantitative estimate of drug-likeness (QED) is 0.508. The Morgan fingerprint density at radius 3 is 1.55 bits per heavy atom. The van der Waals surface area contributed by atoms with Crippen molar-refractivity contribution in [3.63, 3.8) is 0 Å². The van der Waals surface area contributed by atoms with Gasteiger partial charge < -0.3 is 0 Å². The van der Waals surface area contributed by atoms with Crippen LogP contribution in [-0.4, -0.2) is 8.80 Å². The van der Waals surface area contributed by atoms with E-state index in [1.807, 2.05) is 0 Å². The molecule has 2 heteroatoms. The molecule has 0 saturated carbocycles. The summed E-state index contributed by atoms with van der Waals surface area (Å²) in [6.45, 7) is 0. The minimum atomic E-state index is -1.37. The number of hydrogen-bond acceptors (Lipinski definition) is 0. The fourth-order valence-electron chi connectivity index (χ4n) is 2.55. The van der Waals surface area contributed by atoms with E-state index in [1.54, 1.807) is 0 Å². The van der Waals surface area contributed by atoms with Crippen LogP contribution in [0.15, 0.2) is 89.4 Å². The Labute approximate surface area is 129 Å². The first kappa shape index (κ1) is 13.3. The average Bonchev–Trinajstić information content (AvgIpc) is 2.50. The molecule has 0 nitrogen and oxygen atoms in total. The van der Waals surface area contributed by atoms with Crippen LogP contribution in [-0.2, 0) is 0 Å². The van der Waals surface area contributed by atoms with E-state index in [1.165, 1.54) is 15.6 Å². The van der Waals surface area contributed by atoms with Crippen molar-refractivity contribution in [2.45, 2.75) is 0 Å². The second kappa shape index (κ2) is 6.20. The molecule has 98 valence electrons. The minimum Gasteiger partial charge on any atom is -0.0625 e. The summed E-state index contributed by atoms with van der Waals surface area (Å²) in [5.74, 6) is 0. The van der Waals surface area contributed by atoms with Crippen molar-refractivity contribution >= 4 is 40.3 Å². The molecule has 0 aliphatic heterocycles. The molecule has 3 aromatic rings. The van der Waals surface area contributed by atoms with Gasteiger partial charge in [-0.3, -0.25) is 0 Å². The molecule has 0 amide bonds. The summed E-state index contributed by atoms with van der Waals surface area (Å²) in [7, 11) is -1.37. The van der Waals surface area contributed by atoms with E-state index in [-0.39, 0.29) is 0 Å². The first-order valence-electron chi connectivity index (χ1n) is 6.70. The molecule has 0 aromatic heterocycles. The molecular weight excluding hydrogens is 324 g/mol. The Morgan fingerprint density at radius 2 is 1.05 bits per heavy atom. The molecule has 0 aliphatic carbocycles. The molecule has 20 heavy (non-hydrogen) atoms. The highest BCUT2D eigenvalue weighted by molar-refractivity contribution is 9.10. The predicted octanol–water partition coefficient (Wildman–Crippen LogP) is 2.70. The van der Waals surface area contributed by atoms with Gasteiger partial charge in [0.25, 0.3) is 0 Å². The standard InChI is InChI=1S/C18H15BrSi/c19-15-8-7-13-18(14-15)20(16-9-3-1-4-10-16)17-11-5-2-6-12-17/h1-14,20H. The van der Waals surface area contributed by atoms with Crippen LogP contribution in [0.3, 0.4) is 0 Å². The topological polar surface area (TPSA) is 0 Å². The van der Waals surface area contributed by atoms with Crippen molar-refractivity contribution in [1.29, 1.82) is 0 Å². The van der Waals surface area contributed by atoms with Crippen LogP contribution >= 0.6 is 15.9 Å². The molecule has 0 N–H and O–H groups in total. The van der Waals surface area contributed by atoms with Gasteiger partial charge >= 0.3 is 0 Å². The van der Waals surface area contributed by atoms with Gasteiger partial charge in [-0.1, -0.05) is 104 Å². The molecule has 0 heterocycles. The lowest BCUT2D eigenvalue weighted by atomic mass is 10.3. The Bertz CT molecular complexity index is 641. The summed E-state index contributed by atoms with van der Waals surface area (Å²) in [5, 5.41) is 4.35. The van der Waals surface area contributed by atoms with Crippen molar-refractivity contribution in [2.24, 2.45) is 0 Å². The van der Waals surface area contributed by atoms with Crippen LogP contribution in [0.25, 0.3) is 0 Å². The lowest BCUT2D eigenvalue weighted by molar-refractivity contribution is 1.68. The van der Waals surface area contributed by atoms with Crippen LogP contribution in [0.4, 0.5) is 0 Å². The highest BCUT2D eigenvalue weighted by atomic mass is 79.9. The van der Waals surface area contributed by atoms with Gasteiger partial charge in [0.2, 0.25) is 0 Å². The van der Waals surface area contributed by atoms with E-state index >= 15 is 0 Å². The van der Waals surface area contributed by atoms with Gasteiger partial charge in [-0.15, -0.1) is 0 Å². The zero-order valence-electron chi connectivity index (χ0n) is 11.0. The monoisotopic (exact) mass is 338 g/mol. The van der Waals surface area contributed by atoms with Gasteiger partial charge in [0.1, 0.15) is 8.80 Å². The maximum atomic E-state index is 3.60. The third kappa shape index (κ3) is 2.92. The van der Waals surface area contributed by atoms with Crippen molar-refractivity contribution in [1.82, 2.24) is 0 Å². The first-order valence-corrected chi connectivity index (χ1v) is 9.22. The van der Waals surface area contributed by atoms with Crippen molar-refractivity contribution in [3.8, 4) is 0 Å². The largest absolute Gasteiger partial charge is 0.133 e. The Balaban J connectivity index is 2.14. The fourth-order valence-corrected chi connectivity index (χ4v) is 6.23. The highest BCUT2D eigenvalue weighted by Gasteiger charge is 2.18. The molecular formula is C18H15BrSi. The van der Waals surface area contributed by atoms with Crippen LogP contribution in [0.1, 0.15) is 0 Å². The van der Waals surface area contributed by atoms with E-state index < -0.39 is 8.80 Å². The number of benzene rings is 3. The zero-order valence-corrected chi connectivity index (χ0v) is 13.8. The molecule has 0 radical (unpaired) electrons. The summed E-state index contributed by atoms with van der Waals surface area (Å²) >= 11 is 3.60. The Morgan fingerprint density at radius 1 is 0.550 bits per heavy atom. The summed E-state index contributed by atoms with van der Waals surface area (Å²) in [6.07, 6.45) is 0. The molecule has 3 aromatic carbocycles. The van der Waals surface area contributed by atoms with Gasteiger partial charge in [0.05, 0.1) is 0 Å². The maximum absolute atomic E-state index is 3.60. The molecule has 0 spiro atoms. The van der Waals surface area contributed by atoms with Crippen LogP contribution in [0.2, 0.25) is 0 Å². The summed E-state index contributed by atoms with van der Waals surface area (Å²) < 4.78 is 1.15. The average molecular weight is 339 g/mol. The van der Waals surface area contributed by atoms with Gasteiger partial charge in [0.15, 0.2) is 0 Å². The maximum Gasteiger partial charge on any atom is 0.133 e. The van der Waals surface area contributed by atoms with E-state index in [0.717, 1.165) is 4.47 Å². The van der Waals surface area contributed by atoms with Gasteiger partial charge in [-0.25, -0.2) is 0 Å². The summed E-state index contributed by atoms with van der Waals surface area (Å²) in [5.41, 5.74) is 0. The third-order valence-corrected chi connectivity index (χ3v) is 7.07. The molecule has 0 unspecified atom stereocenters. The number of rotatable bonds is 3. The van der Waals surface area contributed by atoms with Gasteiger partial charge in [-0.05, 0) is 12.1 Å². The molecule has 3 rings (SSSR count). The van der Waals surface area contributed by atoms with E-state index in [2.05, 4.69) is 101 Å². The smallest absolute Gasteiger partial charge is 0.0625 e. The molecule has 0 atom stereocenters. The normalized spacial score (nSPS) is 10.7. The predicted molar refractivity (Wildman–Crippen MR) is 93.1 cm³/mol. The van der Waals surface area contributed by atoms with E-state index in [9.17, 15) is 0 Å².